The van der Waals surface area contributed by atoms with Crippen LogP contribution in [-0.4, -0.2) is 15.5 Å². The number of fused-ring (bicyclic) bond motifs is 1. The van der Waals surface area contributed by atoms with Crippen molar-refractivity contribution in [3.8, 4) is 0 Å². The minimum Gasteiger partial charge on any atom is -0.324 e. The summed E-state index contributed by atoms with van der Waals surface area (Å²) in [5, 5.41) is 3.54. The zero-order chi connectivity index (χ0) is 15.7. The second-order valence-electron chi connectivity index (χ2n) is 5.19. The van der Waals surface area contributed by atoms with Gasteiger partial charge in [0.05, 0.1) is 11.0 Å². The van der Waals surface area contributed by atoms with Crippen LogP contribution in [0.25, 0.3) is 11.0 Å². The summed E-state index contributed by atoms with van der Waals surface area (Å²) in [5.74, 6) is 0.730. The highest BCUT2D eigenvalue weighted by Crippen LogP contribution is 2.22. The van der Waals surface area contributed by atoms with Crippen molar-refractivity contribution in [2.45, 2.75) is 19.9 Å². The predicted octanol–water partition coefficient (Wildman–Crippen LogP) is 4.20. The maximum absolute atomic E-state index is 12.5. The van der Waals surface area contributed by atoms with Crippen molar-refractivity contribution >= 4 is 34.2 Å². The minimum absolute atomic E-state index is 0.0893. The lowest BCUT2D eigenvalue weighted by molar-refractivity contribution is -0.118. The number of anilines is 1. The second-order valence-corrected chi connectivity index (χ2v) is 5.63. The number of hydrogen-bond acceptors (Lipinski definition) is 2. The van der Waals surface area contributed by atoms with Crippen LogP contribution in [0.3, 0.4) is 0 Å². The fourth-order valence-electron chi connectivity index (χ4n) is 2.55. The molecule has 1 unspecified atom stereocenters. The SMILES string of the molecule is Cc1nc2ccccc2n1C(C)C(=O)Nc1ccc(Cl)cc1. The molecule has 1 heterocycles. The summed E-state index contributed by atoms with van der Waals surface area (Å²) in [5.41, 5.74) is 2.58. The van der Waals surface area contributed by atoms with Crippen molar-refractivity contribution in [1.82, 2.24) is 9.55 Å². The van der Waals surface area contributed by atoms with E-state index < -0.39 is 0 Å². The Balaban J connectivity index is 1.88. The van der Waals surface area contributed by atoms with E-state index in [-0.39, 0.29) is 11.9 Å². The van der Waals surface area contributed by atoms with Gasteiger partial charge >= 0.3 is 0 Å². The molecule has 22 heavy (non-hydrogen) atoms. The summed E-state index contributed by atoms with van der Waals surface area (Å²) < 4.78 is 1.95. The molecule has 0 fully saturated rings. The summed E-state index contributed by atoms with van der Waals surface area (Å²) in [4.78, 5) is 17.0. The summed E-state index contributed by atoms with van der Waals surface area (Å²) in [7, 11) is 0. The van der Waals surface area contributed by atoms with Crippen LogP contribution in [0.2, 0.25) is 5.02 Å². The van der Waals surface area contributed by atoms with Crippen LogP contribution in [0, 0.1) is 6.92 Å². The number of imidazole rings is 1. The van der Waals surface area contributed by atoms with Crippen LogP contribution in [-0.2, 0) is 4.79 Å². The predicted molar refractivity (Wildman–Crippen MR) is 89.3 cm³/mol. The smallest absolute Gasteiger partial charge is 0.247 e. The van der Waals surface area contributed by atoms with Gasteiger partial charge in [-0.05, 0) is 50.2 Å². The quantitative estimate of drug-likeness (QED) is 0.787. The molecule has 1 N–H and O–H groups in total. The van der Waals surface area contributed by atoms with E-state index in [0.29, 0.717) is 5.02 Å². The topological polar surface area (TPSA) is 46.9 Å². The fourth-order valence-corrected chi connectivity index (χ4v) is 2.68. The molecule has 0 bridgehead atoms. The molecule has 112 valence electrons. The van der Waals surface area contributed by atoms with Gasteiger partial charge in [-0.25, -0.2) is 4.98 Å². The number of aromatic nitrogens is 2. The van der Waals surface area contributed by atoms with E-state index in [1.165, 1.54) is 0 Å². The molecule has 0 saturated heterocycles. The fraction of sp³-hybridized carbons (Fsp3) is 0.176. The van der Waals surface area contributed by atoms with E-state index in [2.05, 4.69) is 10.3 Å². The van der Waals surface area contributed by atoms with Crippen LogP contribution in [0.1, 0.15) is 18.8 Å². The summed E-state index contributed by atoms with van der Waals surface area (Å²) >= 11 is 5.85. The molecule has 3 rings (SSSR count). The van der Waals surface area contributed by atoms with Crippen LogP contribution in [0.5, 0.6) is 0 Å². The van der Waals surface area contributed by atoms with Gasteiger partial charge < -0.3 is 9.88 Å². The number of aryl methyl sites for hydroxylation is 1. The third-order valence-electron chi connectivity index (χ3n) is 3.65. The molecule has 0 aliphatic carbocycles. The van der Waals surface area contributed by atoms with Gasteiger partial charge in [-0.3, -0.25) is 4.79 Å². The number of benzene rings is 2. The number of hydrogen-bond donors (Lipinski definition) is 1. The molecule has 5 heteroatoms. The number of para-hydroxylation sites is 2. The molecule has 1 aromatic heterocycles. The first-order chi connectivity index (χ1) is 10.6. The van der Waals surface area contributed by atoms with E-state index in [9.17, 15) is 4.79 Å². The Bertz CT molecular complexity index is 824. The van der Waals surface area contributed by atoms with Gasteiger partial charge in [-0.2, -0.15) is 0 Å². The molecule has 2 aromatic carbocycles. The number of carbonyl (C=O) groups excluding carboxylic acids is 1. The monoisotopic (exact) mass is 313 g/mol. The Hall–Kier alpha value is -2.33. The number of rotatable bonds is 3. The van der Waals surface area contributed by atoms with E-state index >= 15 is 0 Å². The van der Waals surface area contributed by atoms with Crippen molar-refractivity contribution in [2.24, 2.45) is 0 Å². The Morgan fingerprint density at radius 3 is 2.59 bits per heavy atom. The van der Waals surface area contributed by atoms with Gasteiger partial charge in [-0.1, -0.05) is 23.7 Å². The van der Waals surface area contributed by atoms with Gasteiger partial charge in [-0.15, -0.1) is 0 Å². The lowest BCUT2D eigenvalue weighted by Gasteiger charge is -2.16. The van der Waals surface area contributed by atoms with Gasteiger partial charge in [0.1, 0.15) is 11.9 Å². The third kappa shape index (κ3) is 2.70. The van der Waals surface area contributed by atoms with E-state index in [1.807, 2.05) is 42.7 Å². The molecule has 0 aliphatic rings. The zero-order valence-corrected chi connectivity index (χ0v) is 13.1. The van der Waals surface area contributed by atoms with Crippen molar-refractivity contribution in [3.63, 3.8) is 0 Å². The van der Waals surface area contributed by atoms with E-state index in [0.717, 1.165) is 22.5 Å². The summed E-state index contributed by atoms with van der Waals surface area (Å²) in [6.07, 6.45) is 0. The number of halogens is 1. The Kier molecular flexibility index (Phi) is 3.86. The number of nitrogens with zero attached hydrogens (tertiary/aromatic N) is 2. The first-order valence-corrected chi connectivity index (χ1v) is 7.44. The Labute approximate surface area is 133 Å². The molecule has 0 aliphatic heterocycles. The minimum atomic E-state index is -0.358. The molecular formula is C17H16ClN3O. The molecular weight excluding hydrogens is 298 g/mol. The highest BCUT2D eigenvalue weighted by Gasteiger charge is 2.19. The normalized spacial score (nSPS) is 12.3. The van der Waals surface area contributed by atoms with Crippen molar-refractivity contribution in [1.29, 1.82) is 0 Å². The van der Waals surface area contributed by atoms with Crippen LogP contribution in [0.4, 0.5) is 5.69 Å². The Morgan fingerprint density at radius 1 is 1.18 bits per heavy atom. The largest absolute Gasteiger partial charge is 0.324 e. The lowest BCUT2D eigenvalue weighted by Crippen LogP contribution is -2.24. The average molecular weight is 314 g/mol. The first-order valence-electron chi connectivity index (χ1n) is 7.06. The zero-order valence-electron chi connectivity index (χ0n) is 12.4. The first kappa shape index (κ1) is 14.6. The van der Waals surface area contributed by atoms with Crippen molar-refractivity contribution in [2.75, 3.05) is 5.32 Å². The third-order valence-corrected chi connectivity index (χ3v) is 3.90. The molecule has 1 amide bonds. The highest BCUT2D eigenvalue weighted by molar-refractivity contribution is 6.30. The molecule has 4 nitrogen and oxygen atoms in total. The molecule has 0 saturated carbocycles. The number of amides is 1. The standard InChI is InChI=1S/C17H16ClN3O/c1-11(17(22)20-14-9-7-13(18)8-10-14)21-12(2)19-15-5-3-4-6-16(15)21/h3-11H,1-2H3,(H,20,22). The maximum Gasteiger partial charge on any atom is 0.247 e. The Morgan fingerprint density at radius 2 is 1.86 bits per heavy atom. The van der Waals surface area contributed by atoms with Crippen LogP contribution in [0.15, 0.2) is 48.5 Å². The van der Waals surface area contributed by atoms with E-state index in [1.54, 1.807) is 24.3 Å². The second kappa shape index (κ2) is 5.81. The van der Waals surface area contributed by atoms with E-state index in [4.69, 9.17) is 11.6 Å². The molecule has 1 atom stereocenters. The maximum atomic E-state index is 12.5. The van der Waals surface area contributed by atoms with Crippen molar-refractivity contribution in [3.05, 3.63) is 59.4 Å². The molecule has 0 spiro atoms. The van der Waals surface area contributed by atoms with Gasteiger partial charge in [0.2, 0.25) is 5.91 Å². The molecule has 3 aromatic rings. The number of carbonyl (C=O) groups is 1. The van der Waals surface area contributed by atoms with Gasteiger partial charge in [0.25, 0.3) is 0 Å². The number of nitrogens with one attached hydrogen (secondary N) is 1. The van der Waals surface area contributed by atoms with Crippen molar-refractivity contribution < 1.29 is 4.79 Å². The summed E-state index contributed by atoms with van der Waals surface area (Å²) in [6.45, 7) is 3.78. The lowest BCUT2D eigenvalue weighted by atomic mass is 10.2. The van der Waals surface area contributed by atoms with Crippen LogP contribution >= 0.6 is 11.6 Å². The van der Waals surface area contributed by atoms with Gasteiger partial charge in [0, 0.05) is 10.7 Å². The highest BCUT2D eigenvalue weighted by atomic mass is 35.5. The van der Waals surface area contributed by atoms with Gasteiger partial charge in [0.15, 0.2) is 0 Å². The average Bonchev–Trinajstić information content (AvgIpc) is 2.84. The molecule has 0 radical (unpaired) electrons. The summed E-state index contributed by atoms with van der Waals surface area (Å²) in [6, 6.07) is 14.5. The van der Waals surface area contributed by atoms with Crippen LogP contribution < -0.4 is 5.32 Å².